The number of fused-ring (bicyclic) bond motifs is 1. The Morgan fingerprint density at radius 3 is 2.59 bits per heavy atom. The van der Waals surface area contributed by atoms with Gasteiger partial charge in [-0.15, -0.1) is 0 Å². The molecule has 0 radical (unpaired) electrons. The lowest BCUT2D eigenvalue weighted by Crippen LogP contribution is -2.16. The molecule has 3 aromatic rings. The highest BCUT2D eigenvalue weighted by molar-refractivity contribution is 6.31. The van der Waals surface area contributed by atoms with Crippen LogP contribution in [0.5, 0.6) is 0 Å². The van der Waals surface area contributed by atoms with Gasteiger partial charge in [-0.25, -0.2) is 18.7 Å². The summed E-state index contributed by atoms with van der Waals surface area (Å²) in [5.41, 5.74) is 2.08. The maximum Gasteiger partial charge on any atom is 0.306 e. The Bertz CT molecular complexity index is 1090. The molecule has 1 fully saturated rings. The molecule has 1 heterocycles. The number of carboxylic acids is 1. The van der Waals surface area contributed by atoms with Gasteiger partial charge in [0.05, 0.1) is 16.6 Å². The van der Waals surface area contributed by atoms with Crippen molar-refractivity contribution in [1.82, 2.24) is 9.97 Å². The number of aromatic nitrogens is 2. The zero-order chi connectivity index (χ0) is 20.5. The maximum absolute atomic E-state index is 14.6. The van der Waals surface area contributed by atoms with Crippen molar-refractivity contribution in [2.75, 3.05) is 0 Å². The summed E-state index contributed by atoms with van der Waals surface area (Å²) in [5.74, 6) is -2.41. The highest BCUT2D eigenvalue weighted by Crippen LogP contribution is 2.40. The van der Waals surface area contributed by atoms with Gasteiger partial charge in [-0.1, -0.05) is 36.6 Å². The first-order chi connectivity index (χ1) is 14.0. The van der Waals surface area contributed by atoms with Gasteiger partial charge in [-0.05, 0) is 48.6 Å². The van der Waals surface area contributed by atoms with Gasteiger partial charge in [-0.2, -0.15) is 0 Å². The third-order valence-electron chi connectivity index (χ3n) is 5.66. The number of nitrogens with zero attached hydrogens (tertiary/aromatic N) is 2. The Labute approximate surface area is 171 Å². The monoisotopic (exact) mass is 416 g/mol. The second kappa shape index (κ2) is 8.03. The van der Waals surface area contributed by atoms with Crippen molar-refractivity contribution in [3.05, 3.63) is 59.0 Å². The Balaban J connectivity index is 1.91. The maximum atomic E-state index is 14.6. The fourth-order valence-corrected chi connectivity index (χ4v) is 4.39. The number of aliphatic carboxylic acids is 1. The number of carbonyl (C=O) groups is 1. The molecule has 150 valence electrons. The first kappa shape index (κ1) is 19.7. The lowest BCUT2D eigenvalue weighted by atomic mass is 9.87. The van der Waals surface area contributed by atoms with E-state index in [0.717, 1.165) is 19.3 Å². The van der Waals surface area contributed by atoms with Gasteiger partial charge in [0.1, 0.15) is 23.5 Å². The molecule has 1 saturated carbocycles. The van der Waals surface area contributed by atoms with Crippen molar-refractivity contribution in [1.29, 1.82) is 0 Å². The van der Waals surface area contributed by atoms with Crippen molar-refractivity contribution in [3.63, 3.8) is 0 Å². The highest BCUT2D eigenvalue weighted by atomic mass is 35.5. The van der Waals surface area contributed by atoms with Crippen LogP contribution < -0.4 is 0 Å². The van der Waals surface area contributed by atoms with Crippen molar-refractivity contribution >= 4 is 28.5 Å². The molecular weight excluding hydrogens is 398 g/mol. The molecule has 1 unspecified atom stereocenters. The zero-order valence-corrected chi connectivity index (χ0v) is 16.3. The zero-order valence-electron chi connectivity index (χ0n) is 15.5. The van der Waals surface area contributed by atoms with Crippen LogP contribution in [0.15, 0.2) is 36.7 Å². The normalized spacial score (nSPS) is 19.8. The standard InChI is InChI=1S/C22H19ClF2N2O2/c23-16-10-12(5-7-17(16)24)15-6-8-18(25)21-19(15)20(26-11-27-21)13-3-1-2-4-14(9-13)22(28)29/h5-8,10-11,13-14H,1-4,9H2,(H,28,29)/t13?,14-/m0/s1. The van der Waals surface area contributed by atoms with Crippen molar-refractivity contribution in [2.45, 2.75) is 38.0 Å². The second-order valence-corrected chi connectivity index (χ2v) is 7.87. The van der Waals surface area contributed by atoms with Crippen LogP contribution in [0.2, 0.25) is 5.02 Å². The van der Waals surface area contributed by atoms with E-state index in [9.17, 15) is 18.7 Å². The molecule has 1 aliphatic carbocycles. The minimum Gasteiger partial charge on any atom is -0.481 e. The molecule has 1 N–H and O–H groups in total. The summed E-state index contributed by atoms with van der Waals surface area (Å²) in [6, 6.07) is 7.27. The number of carboxylic acid groups (broad SMARTS) is 1. The molecule has 1 aromatic heterocycles. The summed E-state index contributed by atoms with van der Waals surface area (Å²) in [5, 5.41) is 10.0. The predicted molar refractivity (Wildman–Crippen MR) is 107 cm³/mol. The quantitative estimate of drug-likeness (QED) is 0.534. The first-order valence-electron chi connectivity index (χ1n) is 9.57. The minimum absolute atomic E-state index is 0.0289. The molecule has 2 atom stereocenters. The van der Waals surface area contributed by atoms with Crippen LogP contribution in [0.4, 0.5) is 8.78 Å². The van der Waals surface area contributed by atoms with Gasteiger partial charge < -0.3 is 5.11 Å². The number of benzene rings is 2. The van der Waals surface area contributed by atoms with E-state index in [4.69, 9.17) is 11.6 Å². The van der Waals surface area contributed by atoms with Crippen molar-refractivity contribution in [3.8, 4) is 11.1 Å². The summed E-state index contributed by atoms with van der Waals surface area (Å²) >= 11 is 5.96. The van der Waals surface area contributed by atoms with Gasteiger partial charge in [0, 0.05) is 11.3 Å². The molecule has 7 heteroatoms. The lowest BCUT2D eigenvalue weighted by molar-refractivity contribution is -0.142. The largest absolute Gasteiger partial charge is 0.481 e. The first-order valence-corrected chi connectivity index (χ1v) is 9.95. The molecule has 4 rings (SSSR count). The van der Waals surface area contributed by atoms with E-state index in [1.165, 1.54) is 24.5 Å². The number of rotatable bonds is 3. The average molecular weight is 417 g/mol. The Kier molecular flexibility index (Phi) is 5.46. The van der Waals surface area contributed by atoms with Gasteiger partial charge in [0.15, 0.2) is 0 Å². The average Bonchev–Trinajstić information content (AvgIpc) is 2.97. The van der Waals surface area contributed by atoms with Gasteiger partial charge >= 0.3 is 5.97 Å². The Morgan fingerprint density at radius 1 is 1.07 bits per heavy atom. The van der Waals surface area contributed by atoms with Crippen LogP contribution in [0, 0.1) is 17.6 Å². The number of hydrogen-bond donors (Lipinski definition) is 1. The SMILES string of the molecule is O=C(O)[C@H]1CCCCC(c2ncnc3c(F)ccc(-c4ccc(F)c(Cl)c4)c23)C1. The van der Waals surface area contributed by atoms with E-state index in [1.807, 2.05) is 0 Å². The lowest BCUT2D eigenvalue weighted by Gasteiger charge is -2.20. The van der Waals surface area contributed by atoms with Crippen LogP contribution in [0.3, 0.4) is 0 Å². The third-order valence-corrected chi connectivity index (χ3v) is 5.95. The van der Waals surface area contributed by atoms with E-state index < -0.39 is 23.5 Å². The number of halogens is 3. The summed E-state index contributed by atoms with van der Waals surface area (Å²) in [6.07, 6.45) is 4.89. The second-order valence-electron chi connectivity index (χ2n) is 7.46. The third kappa shape index (κ3) is 3.81. The fourth-order valence-electron chi connectivity index (χ4n) is 4.21. The van der Waals surface area contributed by atoms with Crippen LogP contribution >= 0.6 is 11.6 Å². The molecule has 0 bridgehead atoms. The van der Waals surface area contributed by atoms with Crippen molar-refractivity contribution < 1.29 is 18.7 Å². The minimum atomic E-state index is -0.813. The summed E-state index contributed by atoms with van der Waals surface area (Å²) in [6.45, 7) is 0. The topological polar surface area (TPSA) is 63.1 Å². The molecule has 0 amide bonds. The Hall–Kier alpha value is -2.60. The van der Waals surface area contributed by atoms with Gasteiger partial charge in [0.2, 0.25) is 0 Å². The van der Waals surface area contributed by atoms with Gasteiger partial charge in [-0.3, -0.25) is 4.79 Å². The smallest absolute Gasteiger partial charge is 0.306 e. The molecular formula is C22H19ClF2N2O2. The molecule has 1 aliphatic rings. The number of hydrogen-bond acceptors (Lipinski definition) is 3. The van der Waals surface area contributed by atoms with E-state index in [-0.39, 0.29) is 16.5 Å². The van der Waals surface area contributed by atoms with Crippen LogP contribution in [-0.4, -0.2) is 21.0 Å². The molecule has 0 aliphatic heterocycles. The van der Waals surface area contributed by atoms with Crippen LogP contribution in [0.25, 0.3) is 22.0 Å². The molecule has 0 saturated heterocycles. The summed E-state index contributed by atoms with van der Waals surface area (Å²) < 4.78 is 28.2. The van der Waals surface area contributed by atoms with Crippen molar-refractivity contribution in [2.24, 2.45) is 5.92 Å². The summed E-state index contributed by atoms with van der Waals surface area (Å²) in [7, 11) is 0. The predicted octanol–water partition coefficient (Wildman–Crippen LogP) is 5.98. The molecule has 29 heavy (non-hydrogen) atoms. The molecule has 4 nitrogen and oxygen atoms in total. The Morgan fingerprint density at radius 2 is 1.83 bits per heavy atom. The molecule has 2 aromatic carbocycles. The van der Waals surface area contributed by atoms with E-state index in [1.54, 1.807) is 12.1 Å². The van der Waals surface area contributed by atoms with E-state index in [2.05, 4.69) is 9.97 Å². The highest BCUT2D eigenvalue weighted by Gasteiger charge is 2.29. The van der Waals surface area contributed by atoms with E-state index >= 15 is 0 Å². The van der Waals surface area contributed by atoms with Crippen LogP contribution in [-0.2, 0) is 4.79 Å². The van der Waals surface area contributed by atoms with Gasteiger partial charge in [0.25, 0.3) is 0 Å². The fraction of sp³-hybridized carbons (Fsp3) is 0.318. The van der Waals surface area contributed by atoms with Crippen LogP contribution in [0.1, 0.15) is 43.7 Å². The van der Waals surface area contributed by atoms with E-state index in [0.29, 0.717) is 35.0 Å². The molecule has 0 spiro atoms. The summed E-state index contributed by atoms with van der Waals surface area (Å²) in [4.78, 5) is 20.2.